The molecule has 3 nitrogen and oxygen atoms in total. The van der Waals surface area contributed by atoms with Gasteiger partial charge in [-0.3, -0.25) is 0 Å². The molecule has 0 aromatic heterocycles. The minimum absolute atomic E-state index is 0.476. The third kappa shape index (κ3) is 5.52. The maximum atomic E-state index is 11.5. The molecule has 1 rings (SSSR count). The van der Waals surface area contributed by atoms with Crippen LogP contribution in [0.3, 0.4) is 0 Å². The van der Waals surface area contributed by atoms with Crippen LogP contribution in [-0.2, 0) is 0 Å². The summed E-state index contributed by atoms with van der Waals surface area (Å²) in [6.07, 6.45) is 5.91. The molecule has 0 saturated carbocycles. The summed E-state index contributed by atoms with van der Waals surface area (Å²) >= 11 is 0. The zero-order valence-corrected chi connectivity index (χ0v) is 8.82. The van der Waals surface area contributed by atoms with Gasteiger partial charge in [0.2, 0.25) is 0 Å². The number of halogens is 1. The van der Waals surface area contributed by atoms with Gasteiger partial charge in [0.25, 0.3) is 0 Å². The summed E-state index contributed by atoms with van der Waals surface area (Å²) in [5.74, 6) is 0. The molecule has 1 aliphatic heterocycles. The molecule has 0 amide bonds. The van der Waals surface area contributed by atoms with E-state index in [0.29, 0.717) is 12.6 Å². The molecular formula is C10H22FN3. The highest BCUT2D eigenvalue weighted by molar-refractivity contribution is 4.73. The predicted octanol–water partition coefficient (Wildman–Crippen LogP) is 0.972. The van der Waals surface area contributed by atoms with E-state index in [0.717, 1.165) is 32.5 Å². The molecule has 0 spiro atoms. The Morgan fingerprint density at radius 2 is 2.07 bits per heavy atom. The van der Waals surface area contributed by atoms with Crippen LogP contribution in [0.2, 0.25) is 0 Å². The first-order chi connectivity index (χ1) is 6.93. The van der Waals surface area contributed by atoms with Gasteiger partial charge < -0.3 is 10.6 Å². The molecule has 1 heterocycles. The second kappa shape index (κ2) is 8.15. The first-order valence-electron chi connectivity index (χ1n) is 5.71. The van der Waals surface area contributed by atoms with E-state index in [-0.39, 0.29) is 0 Å². The molecule has 1 unspecified atom stereocenters. The lowest BCUT2D eigenvalue weighted by atomic mass is 10.1. The van der Waals surface area contributed by atoms with Crippen molar-refractivity contribution in [1.82, 2.24) is 16.2 Å². The molecule has 1 atom stereocenters. The van der Waals surface area contributed by atoms with Crippen molar-refractivity contribution in [1.29, 1.82) is 0 Å². The Kier molecular flexibility index (Phi) is 6.91. The van der Waals surface area contributed by atoms with E-state index >= 15 is 0 Å². The number of rotatable bonds is 7. The van der Waals surface area contributed by atoms with Crippen LogP contribution in [0.4, 0.5) is 4.48 Å². The van der Waals surface area contributed by atoms with Crippen LogP contribution in [-0.4, -0.2) is 32.2 Å². The Morgan fingerprint density at radius 3 is 2.79 bits per heavy atom. The Hall–Kier alpha value is -0.190. The van der Waals surface area contributed by atoms with Crippen molar-refractivity contribution in [2.75, 3.05) is 26.2 Å². The van der Waals surface area contributed by atoms with Gasteiger partial charge in [-0.05, 0) is 38.8 Å². The quantitative estimate of drug-likeness (QED) is 0.426. The number of hydrogen-bond acceptors (Lipinski definition) is 3. The molecule has 14 heavy (non-hydrogen) atoms. The first-order valence-corrected chi connectivity index (χ1v) is 5.71. The topological polar surface area (TPSA) is 36.1 Å². The van der Waals surface area contributed by atoms with Crippen LogP contribution < -0.4 is 16.2 Å². The van der Waals surface area contributed by atoms with Crippen LogP contribution in [0.15, 0.2) is 0 Å². The van der Waals surface area contributed by atoms with Gasteiger partial charge in [-0.15, -0.1) is 4.48 Å². The fraction of sp³-hybridized carbons (Fsp3) is 1.00. The van der Waals surface area contributed by atoms with Crippen molar-refractivity contribution in [2.24, 2.45) is 0 Å². The summed E-state index contributed by atoms with van der Waals surface area (Å²) in [4.78, 5) is 0. The van der Waals surface area contributed by atoms with Gasteiger partial charge in [0.1, 0.15) is 0 Å². The summed E-state index contributed by atoms with van der Waals surface area (Å²) in [5, 5.41) is 6.89. The van der Waals surface area contributed by atoms with E-state index in [4.69, 9.17) is 0 Å². The highest BCUT2D eigenvalue weighted by Crippen LogP contribution is 2.05. The molecule has 0 aliphatic carbocycles. The van der Waals surface area contributed by atoms with E-state index in [1.54, 1.807) is 5.54 Å². The monoisotopic (exact) mass is 203 g/mol. The molecule has 1 aliphatic rings. The number of piperidine rings is 1. The average molecular weight is 203 g/mol. The minimum atomic E-state index is 0.476. The summed E-state index contributed by atoms with van der Waals surface area (Å²) in [5.41, 5.74) is 1.67. The molecule has 1 saturated heterocycles. The summed E-state index contributed by atoms with van der Waals surface area (Å²) < 4.78 is 11.5. The lowest BCUT2D eigenvalue weighted by Gasteiger charge is -2.23. The van der Waals surface area contributed by atoms with Crippen molar-refractivity contribution >= 4 is 0 Å². The van der Waals surface area contributed by atoms with Crippen LogP contribution >= 0.6 is 0 Å². The predicted molar refractivity (Wildman–Crippen MR) is 56.9 cm³/mol. The minimum Gasteiger partial charge on any atom is -0.315 e. The zero-order chi connectivity index (χ0) is 10.1. The van der Waals surface area contributed by atoms with Crippen molar-refractivity contribution in [3.63, 3.8) is 0 Å². The summed E-state index contributed by atoms with van der Waals surface area (Å²) in [7, 11) is 0. The Balaban J connectivity index is 1.82. The standard InChI is InChI=1S/C10H22FN3/c11-14-8-4-3-6-12-9-10-5-1-2-7-13-10/h10,12-14H,1-9H2. The Labute approximate surface area is 85.8 Å². The van der Waals surface area contributed by atoms with E-state index in [1.165, 1.54) is 19.3 Å². The second-order valence-electron chi connectivity index (χ2n) is 3.94. The molecule has 4 heteroatoms. The van der Waals surface area contributed by atoms with Crippen LogP contribution in [0.25, 0.3) is 0 Å². The largest absolute Gasteiger partial charge is 0.315 e. The zero-order valence-electron chi connectivity index (χ0n) is 8.82. The van der Waals surface area contributed by atoms with E-state index in [2.05, 4.69) is 10.6 Å². The van der Waals surface area contributed by atoms with Gasteiger partial charge in [-0.1, -0.05) is 6.42 Å². The van der Waals surface area contributed by atoms with E-state index in [1.807, 2.05) is 0 Å². The van der Waals surface area contributed by atoms with Crippen molar-refractivity contribution in [3.8, 4) is 0 Å². The van der Waals surface area contributed by atoms with Gasteiger partial charge in [-0.25, -0.2) is 0 Å². The lowest BCUT2D eigenvalue weighted by molar-refractivity contribution is 0.327. The van der Waals surface area contributed by atoms with Gasteiger partial charge >= 0.3 is 0 Å². The van der Waals surface area contributed by atoms with Gasteiger partial charge in [-0.2, -0.15) is 5.54 Å². The van der Waals surface area contributed by atoms with Crippen molar-refractivity contribution in [3.05, 3.63) is 0 Å². The van der Waals surface area contributed by atoms with Crippen LogP contribution in [0.1, 0.15) is 32.1 Å². The molecule has 0 bridgehead atoms. The smallest absolute Gasteiger partial charge is 0.0260 e. The number of unbranched alkanes of at least 4 members (excludes halogenated alkanes) is 1. The normalized spacial score (nSPS) is 22.5. The summed E-state index contributed by atoms with van der Waals surface area (Å²) in [6, 6.07) is 0.656. The van der Waals surface area contributed by atoms with Gasteiger partial charge in [0.15, 0.2) is 0 Å². The third-order valence-electron chi connectivity index (χ3n) is 2.68. The van der Waals surface area contributed by atoms with Gasteiger partial charge in [0, 0.05) is 19.1 Å². The SMILES string of the molecule is FNCCCCNCC1CCCCN1. The molecular weight excluding hydrogens is 181 g/mol. The van der Waals surface area contributed by atoms with Gasteiger partial charge in [0.05, 0.1) is 0 Å². The number of hydrogen-bond donors (Lipinski definition) is 3. The number of nitrogens with one attached hydrogen (secondary N) is 3. The fourth-order valence-corrected chi connectivity index (χ4v) is 1.82. The Morgan fingerprint density at radius 1 is 1.21 bits per heavy atom. The molecule has 1 fully saturated rings. The molecule has 84 valence electrons. The van der Waals surface area contributed by atoms with E-state index in [9.17, 15) is 4.48 Å². The highest BCUT2D eigenvalue weighted by atomic mass is 19.2. The molecule has 3 N–H and O–H groups in total. The second-order valence-corrected chi connectivity index (χ2v) is 3.94. The first kappa shape index (κ1) is 11.9. The molecule has 0 radical (unpaired) electrons. The molecule has 0 aromatic carbocycles. The van der Waals surface area contributed by atoms with E-state index < -0.39 is 0 Å². The lowest BCUT2D eigenvalue weighted by Crippen LogP contribution is -2.41. The maximum Gasteiger partial charge on any atom is 0.0260 e. The maximum absolute atomic E-state index is 11.5. The van der Waals surface area contributed by atoms with Crippen LogP contribution in [0, 0.1) is 0 Å². The average Bonchev–Trinajstić information content (AvgIpc) is 2.25. The highest BCUT2D eigenvalue weighted by Gasteiger charge is 2.10. The van der Waals surface area contributed by atoms with Crippen molar-refractivity contribution in [2.45, 2.75) is 38.1 Å². The molecule has 0 aromatic rings. The Bertz CT molecular complexity index is 127. The van der Waals surface area contributed by atoms with Crippen LogP contribution in [0.5, 0.6) is 0 Å². The summed E-state index contributed by atoms with van der Waals surface area (Å²) in [6.45, 7) is 3.70. The third-order valence-corrected chi connectivity index (χ3v) is 2.68. The van der Waals surface area contributed by atoms with Crippen molar-refractivity contribution < 1.29 is 4.48 Å². The fourth-order valence-electron chi connectivity index (χ4n) is 1.82.